The van der Waals surface area contributed by atoms with Crippen LogP contribution in [0, 0.1) is 5.92 Å². The summed E-state index contributed by atoms with van der Waals surface area (Å²) in [6.45, 7) is 5.40. The highest BCUT2D eigenvalue weighted by Crippen LogP contribution is 2.42. The third-order valence-corrected chi connectivity index (χ3v) is 6.21. The van der Waals surface area contributed by atoms with Gasteiger partial charge in [-0.25, -0.2) is 0 Å². The molecule has 1 saturated heterocycles. The van der Waals surface area contributed by atoms with Gasteiger partial charge in [-0.1, -0.05) is 43.7 Å². The van der Waals surface area contributed by atoms with Crippen molar-refractivity contribution in [2.24, 2.45) is 5.92 Å². The third-order valence-electron chi connectivity index (χ3n) is 6.21. The first-order chi connectivity index (χ1) is 15.1. The summed E-state index contributed by atoms with van der Waals surface area (Å²) in [4.78, 5) is 28.6. The number of ketones is 1. The number of methoxy groups -OCH3 is 1. The quantitative estimate of drug-likeness (QED) is 0.766. The maximum absolute atomic E-state index is 13.2. The summed E-state index contributed by atoms with van der Waals surface area (Å²) in [5.41, 5.74) is 1.66. The molecule has 1 N–H and O–H groups in total. The molecule has 2 atom stereocenters. The highest BCUT2D eigenvalue weighted by Gasteiger charge is 2.37. The molecule has 164 valence electrons. The Morgan fingerprint density at radius 1 is 1.16 bits per heavy atom. The van der Waals surface area contributed by atoms with E-state index in [9.17, 15) is 9.59 Å². The van der Waals surface area contributed by atoms with Gasteiger partial charge in [-0.2, -0.15) is 0 Å². The first-order valence-electron chi connectivity index (χ1n) is 11.1. The molecule has 4 rings (SSSR count). The number of hydrogen-bond acceptors (Lipinski definition) is 5. The molecule has 0 saturated carbocycles. The fourth-order valence-corrected chi connectivity index (χ4v) is 4.42. The predicted octanol–water partition coefficient (Wildman–Crippen LogP) is 3.86. The average molecular weight is 423 g/mol. The molecular weight excluding hydrogens is 392 g/mol. The Labute approximate surface area is 183 Å². The molecule has 2 aliphatic heterocycles. The van der Waals surface area contributed by atoms with Crippen LogP contribution in [0.4, 0.5) is 0 Å². The fraction of sp³-hybridized carbons (Fsp3) is 0.440. The van der Waals surface area contributed by atoms with Crippen molar-refractivity contribution in [2.75, 3.05) is 33.3 Å². The highest BCUT2D eigenvalue weighted by atomic mass is 16.5. The monoisotopic (exact) mass is 422 g/mol. The van der Waals surface area contributed by atoms with Crippen LogP contribution in [0.3, 0.4) is 0 Å². The summed E-state index contributed by atoms with van der Waals surface area (Å²) in [5.74, 6) is 0.158. The van der Waals surface area contributed by atoms with Crippen molar-refractivity contribution in [3.05, 3.63) is 59.2 Å². The van der Waals surface area contributed by atoms with E-state index >= 15 is 0 Å². The van der Waals surface area contributed by atoms with E-state index in [-0.39, 0.29) is 17.6 Å². The number of fused-ring (bicyclic) bond motifs is 1. The van der Waals surface area contributed by atoms with E-state index in [4.69, 9.17) is 9.47 Å². The molecule has 6 heteroatoms. The van der Waals surface area contributed by atoms with Crippen LogP contribution in [-0.4, -0.2) is 49.9 Å². The second-order valence-electron chi connectivity index (χ2n) is 8.31. The first-order valence-corrected chi connectivity index (χ1v) is 11.1. The normalized spacial score (nSPS) is 21.2. The van der Waals surface area contributed by atoms with Gasteiger partial charge < -0.3 is 19.7 Å². The Hall–Kier alpha value is -2.86. The van der Waals surface area contributed by atoms with Crippen molar-refractivity contribution >= 4 is 11.7 Å². The number of hydrogen-bond donors (Lipinski definition) is 1. The molecule has 2 aromatic rings. The van der Waals surface area contributed by atoms with Gasteiger partial charge >= 0.3 is 0 Å². The van der Waals surface area contributed by atoms with Gasteiger partial charge in [0.25, 0.3) is 5.91 Å². The Morgan fingerprint density at radius 2 is 1.90 bits per heavy atom. The molecule has 2 aliphatic rings. The van der Waals surface area contributed by atoms with Crippen LogP contribution in [-0.2, 0) is 0 Å². The SMILES string of the molecule is COc1cc(C(=O)NCCN2CCCCC2)c2c(c1)C(=O)C(C)C(c1ccccc1)O2. The van der Waals surface area contributed by atoms with Crippen LogP contribution in [0.1, 0.15) is 58.6 Å². The number of likely N-dealkylation sites (tertiary alicyclic amines) is 1. The number of carbonyl (C=O) groups excluding carboxylic acids is 2. The van der Waals surface area contributed by atoms with Crippen LogP contribution in [0.2, 0.25) is 0 Å². The molecule has 2 unspecified atom stereocenters. The summed E-state index contributed by atoms with van der Waals surface area (Å²) in [6.07, 6.45) is 3.28. The minimum atomic E-state index is -0.436. The van der Waals surface area contributed by atoms with E-state index in [1.165, 1.54) is 26.4 Å². The number of nitrogens with zero attached hydrogens (tertiary/aromatic N) is 1. The first kappa shape index (κ1) is 21.4. The highest BCUT2D eigenvalue weighted by molar-refractivity contribution is 6.07. The minimum absolute atomic E-state index is 0.0450. The second-order valence-corrected chi connectivity index (χ2v) is 8.31. The molecule has 0 radical (unpaired) electrons. The topological polar surface area (TPSA) is 67.9 Å². The molecule has 1 amide bonds. The predicted molar refractivity (Wildman–Crippen MR) is 119 cm³/mol. The molecular formula is C25H30N2O4. The van der Waals surface area contributed by atoms with Crippen LogP contribution >= 0.6 is 0 Å². The standard InChI is InChI=1S/C25H30N2O4/c1-17-22(28)20-15-19(30-2)16-21(24(20)31-23(17)18-9-5-3-6-10-18)25(29)26-11-14-27-12-7-4-8-13-27/h3,5-6,9-10,15-17,23H,4,7-8,11-14H2,1-2H3,(H,26,29). The van der Waals surface area contributed by atoms with Gasteiger partial charge in [0, 0.05) is 13.1 Å². The molecule has 1 fully saturated rings. The number of ether oxygens (including phenoxy) is 2. The van der Waals surface area contributed by atoms with Gasteiger partial charge in [-0.05, 0) is 43.6 Å². The second kappa shape index (κ2) is 9.52. The number of carbonyl (C=O) groups is 2. The van der Waals surface area contributed by atoms with Gasteiger partial charge in [0.05, 0.1) is 24.2 Å². The lowest BCUT2D eigenvalue weighted by atomic mass is 9.86. The van der Waals surface area contributed by atoms with Crippen LogP contribution in [0.15, 0.2) is 42.5 Å². The van der Waals surface area contributed by atoms with E-state index in [0.717, 1.165) is 25.2 Å². The molecule has 2 heterocycles. The number of nitrogens with one attached hydrogen (secondary N) is 1. The summed E-state index contributed by atoms with van der Waals surface area (Å²) in [6, 6.07) is 13.0. The van der Waals surface area contributed by atoms with Crippen molar-refractivity contribution in [1.29, 1.82) is 0 Å². The maximum atomic E-state index is 13.2. The summed E-state index contributed by atoms with van der Waals surface area (Å²) < 4.78 is 11.7. The number of Topliss-reactive ketones (excluding diaryl/α,β-unsaturated/α-hetero) is 1. The zero-order chi connectivity index (χ0) is 21.8. The zero-order valence-electron chi connectivity index (χ0n) is 18.2. The zero-order valence-corrected chi connectivity index (χ0v) is 18.2. The Balaban J connectivity index is 1.58. The lowest BCUT2D eigenvalue weighted by molar-refractivity contribution is 0.0682. The van der Waals surface area contributed by atoms with E-state index in [0.29, 0.717) is 29.2 Å². The van der Waals surface area contributed by atoms with Gasteiger partial charge in [0.1, 0.15) is 17.6 Å². The van der Waals surface area contributed by atoms with Gasteiger partial charge in [-0.15, -0.1) is 0 Å². The molecule has 0 aromatic heterocycles. The average Bonchev–Trinajstić information content (AvgIpc) is 2.82. The van der Waals surface area contributed by atoms with Crippen molar-refractivity contribution in [3.8, 4) is 11.5 Å². The Morgan fingerprint density at radius 3 is 2.61 bits per heavy atom. The van der Waals surface area contributed by atoms with Crippen LogP contribution < -0.4 is 14.8 Å². The minimum Gasteiger partial charge on any atom is -0.497 e. The van der Waals surface area contributed by atoms with Crippen LogP contribution in [0.25, 0.3) is 0 Å². The van der Waals surface area contributed by atoms with Crippen molar-refractivity contribution in [1.82, 2.24) is 10.2 Å². The van der Waals surface area contributed by atoms with Crippen molar-refractivity contribution in [3.63, 3.8) is 0 Å². The number of benzene rings is 2. The summed E-state index contributed by atoms with van der Waals surface area (Å²) in [5, 5.41) is 3.00. The third kappa shape index (κ3) is 4.59. The fourth-order valence-electron chi connectivity index (χ4n) is 4.42. The van der Waals surface area contributed by atoms with E-state index in [1.54, 1.807) is 12.1 Å². The Kier molecular flexibility index (Phi) is 6.56. The van der Waals surface area contributed by atoms with Gasteiger partial charge in [0.15, 0.2) is 5.78 Å². The number of piperidine rings is 1. The molecule has 2 aromatic carbocycles. The number of amides is 1. The molecule has 0 aliphatic carbocycles. The van der Waals surface area contributed by atoms with Gasteiger partial charge in [-0.3, -0.25) is 9.59 Å². The van der Waals surface area contributed by atoms with Crippen LogP contribution in [0.5, 0.6) is 11.5 Å². The smallest absolute Gasteiger partial charge is 0.255 e. The molecule has 6 nitrogen and oxygen atoms in total. The van der Waals surface area contributed by atoms with E-state index in [1.807, 2.05) is 37.3 Å². The largest absolute Gasteiger partial charge is 0.497 e. The van der Waals surface area contributed by atoms with Crippen molar-refractivity contribution in [2.45, 2.75) is 32.3 Å². The Bertz CT molecular complexity index is 938. The van der Waals surface area contributed by atoms with Crippen molar-refractivity contribution < 1.29 is 19.1 Å². The summed E-state index contributed by atoms with van der Waals surface area (Å²) in [7, 11) is 1.53. The summed E-state index contributed by atoms with van der Waals surface area (Å²) >= 11 is 0. The molecule has 31 heavy (non-hydrogen) atoms. The maximum Gasteiger partial charge on any atom is 0.255 e. The molecule has 0 bridgehead atoms. The van der Waals surface area contributed by atoms with E-state index < -0.39 is 6.10 Å². The van der Waals surface area contributed by atoms with Gasteiger partial charge in [0.2, 0.25) is 0 Å². The lowest BCUT2D eigenvalue weighted by Gasteiger charge is -2.32. The molecule has 0 spiro atoms. The van der Waals surface area contributed by atoms with E-state index in [2.05, 4.69) is 10.2 Å². The lowest BCUT2D eigenvalue weighted by Crippen LogP contribution is -2.38. The number of rotatable bonds is 6.